The molecule has 0 radical (unpaired) electrons. The lowest BCUT2D eigenvalue weighted by molar-refractivity contribution is 0.0685. The molecule has 4 nitrogen and oxygen atoms in total. The van der Waals surface area contributed by atoms with Crippen molar-refractivity contribution in [2.75, 3.05) is 31.7 Å². The van der Waals surface area contributed by atoms with E-state index in [1.165, 1.54) is 0 Å². The molecule has 1 N–H and O–H groups in total. The fourth-order valence-corrected chi connectivity index (χ4v) is 3.02. The lowest BCUT2D eigenvalue weighted by atomic mass is 9.99. The zero-order valence-electron chi connectivity index (χ0n) is 12.5. The number of aliphatic hydroxyl groups is 1. The first kappa shape index (κ1) is 14.3. The predicted octanol–water partition coefficient (Wildman–Crippen LogP) is 2.59. The van der Waals surface area contributed by atoms with Gasteiger partial charge in [0.05, 0.1) is 17.8 Å². The molecule has 0 saturated carbocycles. The summed E-state index contributed by atoms with van der Waals surface area (Å²) in [5.41, 5.74) is 2.82. The van der Waals surface area contributed by atoms with Crippen molar-refractivity contribution in [1.82, 2.24) is 4.98 Å². The molecule has 1 aliphatic rings. The highest BCUT2D eigenvalue weighted by atomic mass is 16.5. The second-order valence-electron chi connectivity index (χ2n) is 5.74. The van der Waals surface area contributed by atoms with Gasteiger partial charge in [-0.2, -0.15) is 0 Å². The molecule has 0 amide bonds. The Kier molecular flexibility index (Phi) is 4.36. The van der Waals surface area contributed by atoms with E-state index in [1.807, 2.05) is 24.3 Å². The molecular formula is C17H22N2O2. The number of fused-ring (bicyclic) bond motifs is 1. The van der Waals surface area contributed by atoms with Crippen LogP contribution in [-0.4, -0.2) is 36.9 Å². The number of aromatic nitrogens is 1. The molecule has 1 fully saturated rings. The molecule has 2 aromatic rings. The van der Waals surface area contributed by atoms with Gasteiger partial charge in [0.2, 0.25) is 0 Å². The molecule has 0 atom stereocenters. The van der Waals surface area contributed by atoms with E-state index >= 15 is 0 Å². The third-order valence-corrected chi connectivity index (χ3v) is 4.19. The molecule has 1 aromatic heterocycles. The summed E-state index contributed by atoms with van der Waals surface area (Å²) in [6, 6.07) is 10.1. The number of pyridine rings is 1. The van der Waals surface area contributed by atoms with Crippen molar-refractivity contribution in [1.29, 1.82) is 0 Å². The fraction of sp³-hybridized carbons (Fsp3) is 0.471. The zero-order valence-corrected chi connectivity index (χ0v) is 12.5. The van der Waals surface area contributed by atoms with Gasteiger partial charge < -0.3 is 14.7 Å². The van der Waals surface area contributed by atoms with Crippen molar-refractivity contribution in [3.8, 4) is 0 Å². The number of anilines is 1. The summed E-state index contributed by atoms with van der Waals surface area (Å²) in [5, 5.41) is 10.6. The summed E-state index contributed by atoms with van der Waals surface area (Å²) in [7, 11) is 2.12. The standard InChI is InChI=1S/C17H22N2O2/c1-19(11-13-6-8-21-9-7-13)17-10-14(12-20)18-16-5-3-2-4-15(16)17/h2-5,10,13,20H,6-9,11-12H2,1H3. The zero-order chi connectivity index (χ0) is 14.7. The van der Waals surface area contributed by atoms with Gasteiger partial charge in [0, 0.05) is 37.9 Å². The largest absolute Gasteiger partial charge is 0.390 e. The summed E-state index contributed by atoms with van der Waals surface area (Å²) in [4.78, 5) is 6.78. The van der Waals surface area contributed by atoms with Crippen molar-refractivity contribution >= 4 is 16.6 Å². The number of nitrogens with zero attached hydrogens (tertiary/aromatic N) is 2. The SMILES string of the molecule is CN(CC1CCOCC1)c1cc(CO)nc2ccccc12. The monoisotopic (exact) mass is 286 g/mol. The van der Waals surface area contributed by atoms with E-state index in [1.54, 1.807) is 0 Å². The number of para-hydroxylation sites is 1. The van der Waals surface area contributed by atoms with Gasteiger partial charge in [-0.3, -0.25) is 4.98 Å². The summed E-state index contributed by atoms with van der Waals surface area (Å²) in [6.45, 7) is 2.74. The van der Waals surface area contributed by atoms with Crippen molar-refractivity contribution < 1.29 is 9.84 Å². The topological polar surface area (TPSA) is 45.6 Å². The van der Waals surface area contributed by atoms with Crippen LogP contribution in [0.25, 0.3) is 10.9 Å². The highest BCUT2D eigenvalue weighted by Gasteiger charge is 2.17. The van der Waals surface area contributed by atoms with E-state index < -0.39 is 0 Å². The van der Waals surface area contributed by atoms with Crippen LogP contribution < -0.4 is 4.90 Å². The number of hydrogen-bond donors (Lipinski definition) is 1. The van der Waals surface area contributed by atoms with Crippen LogP contribution in [0.15, 0.2) is 30.3 Å². The van der Waals surface area contributed by atoms with Crippen LogP contribution in [0.4, 0.5) is 5.69 Å². The van der Waals surface area contributed by atoms with Crippen LogP contribution in [-0.2, 0) is 11.3 Å². The minimum absolute atomic E-state index is 0.0249. The van der Waals surface area contributed by atoms with Crippen LogP contribution in [0.1, 0.15) is 18.5 Å². The highest BCUT2D eigenvalue weighted by Crippen LogP contribution is 2.28. The Hall–Kier alpha value is -1.65. The molecule has 1 aliphatic heterocycles. The first-order valence-electron chi connectivity index (χ1n) is 7.56. The Morgan fingerprint density at radius 3 is 2.81 bits per heavy atom. The molecular weight excluding hydrogens is 264 g/mol. The van der Waals surface area contributed by atoms with E-state index in [9.17, 15) is 5.11 Å². The van der Waals surface area contributed by atoms with E-state index in [0.717, 1.165) is 54.9 Å². The third-order valence-electron chi connectivity index (χ3n) is 4.19. The Morgan fingerprint density at radius 2 is 2.05 bits per heavy atom. The number of rotatable bonds is 4. The Morgan fingerprint density at radius 1 is 1.29 bits per heavy atom. The first-order valence-corrected chi connectivity index (χ1v) is 7.56. The van der Waals surface area contributed by atoms with Crippen molar-refractivity contribution in [2.45, 2.75) is 19.4 Å². The minimum Gasteiger partial charge on any atom is -0.390 e. The van der Waals surface area contributed by atoms with E-state index in [4.69, 9.17) is 4.74 Å². The van der Waals surface area contributed by atoms with Gasteiger partial charge in [0.15, 0.2) is 0 Å². The smallest absolute Gasteiger partial charge is 0.0854 e. The van der Waals surface area contributed by atoms with E-state index in [2.05, 4.69) is 23.0 Å². The highest BCUT2D eigenvalue weighted by molar-refractivity contribution is 5.91. The second kappa shape index (κ2) is 6.41. The molecule has 2 heterocycles. The van der Waals surface area contributed by atoms with Gasteiger partial charge in [0.25, 0.3) is 0 Å². The summed E-state index contributed by atoms with van der Waals surface area (Å²) in [6.07, 6.45) is 2.25. The molecule has 0 aliphatic carbocycles. The predicted molar refractivity (Wildman–Crippen MR) is 84.5 cm³/mol. The molecule has 0 spiro atoms. The van der Waals surface area contributed by atoms with Gasteiger partial charge in [-0.25, -0.2) is 0 Å². The number of aliphatic hydroxyl groups excluding tert-OH is 1. The van der Waals surface area contributed by atoms with Gasteiger partial charge in [-0.05, 0) is 30.9 Å². The van der Waals surface area contributed by atoms with E-state index in [-0.39, 0.29) is 6.61 Å². The summed E-state index contributed by atoms with van der Waals surface area (Å²) in [5.74, 6) is 0.674. The third kappa shape index (κ3) is 3.17. The van der Waals surface area contributed by atoms with Crippen LogP contribution in [0.5, 0.6) is 0 Å². The maximum Gasteiger partial charge on any atom is 0.0854 e. The van der Waals surface area contributed by atoms with Crippen LogP contribution in [0.2, 0.25) is 0 Å². The van der Waals surface area contributed by atoms with Gasteiger partial charge >= 0.3 is 0 Å². The maximum absolute atomic E-state index is 9.43. The van der Waals surface area contributed by atoms with Crippen molar-refractivity contribution in [2.24, 2.45) is 5.92 Å². The lowest BCUT2D eigenvalue weighted by Crippen LogP contribution is -2.29. The molecule has 3 rings (SSSR count). The summed E-state index contributed by atoms with van der Waals surface area (Å²) >= 11 is 0. The average molecular weight is 286 g/mol. The quantitative estimate of drug-likeness (QED) is 0.938. The molecule has 1 saturated heterocycles. The lowest BCUT2D eigenvalue weighted by Gasteiger charge is -2.29. The van der Waals surface area contributed by atoms with Gasteiger partial charge in [-0.1, -0.05) is 18.2 Å². The number of hydrogen-bond acceptors (Lipinski definition) is 4. The van der Waals surface area contributed by atoms with Gasteiger partial charge in [-0.15, -0.1) is 0 Å². The molecule has 0 bridgehead atoms. The van der Waals surface area contributed by atoms with Crippen molar-refractivity contribution in [3.05, 3.63) is 36.0 Å². The van der Waals surface area contributed by atoms with E-state index in [0.29, 0.717) is 5.92 Å². The first-order chi connectivity index (χ1) is 10.3. The molecule has 0 unspecified atom stereocenters. The Labute approximate surface area is 125 Å². The molecule has 112 valence electrons. The van der Waals surface area contributed by atoms with Crippen LogP contribution >= 0.6 is 0 Å². The summed E-state index contributed by atoms with van der Waals surface area (Å²) < 4.78 is 5.43. The van der Waals surface area contributed by atoms with Crippen LogP contribution in [0.3, 0.4) is 0 Å². The Bertz CT molecular complexity index is 609. The van der Waals surface area contributed by atoms with Gasteiger partial charge in [0.1, 0.15) is 0 Å². The molecule has 1 aromatic carbocycles. The van der Waals surface area contributed by atoms with Crippen molar-refractivity contribution in [3.63, 3.8) is 0 Å². The average Bonchev–Trinajstić information content (AvgIpc) is 2.54. The molecule has 21 heavy (non-hydrogen) atoms. The maximum atomic E-state index is 9.43. The molecule has 4 heteroatoms. The Balaban J connectivity index is 1.90. The normalized spacial score (nSPS) is 16.3. The minimum atomic E-state index is -0.0249. The number of ether oxygens (including phenoxy) is 1. The second-order valence-corrected chi connectivity index (χ2v) is 5.74. The fourth-order valence-electron chi connectivity index (χ4n) is 3.02. The number of benzene rings is 1. The van der Waals surface area contributed by atoms with Crippen LogP contribution in [0, 0.1) is 5.92 Å².